The molecule has 1 N–H and O–H groups in total. The van der Waals surface area contributed by atoms with Gasteiger partial charge in [0.15, 0.2) is 0 Å². The van der Waals surface area contributed by atoms with Gasteiger partial charge < -0.3 is 9.84 Å². The van der Waals surface area contributed by atoms with E-state index in [-0.39, 0.29) is 12.2 Å². The fourth-order valence-electron chi connectivity index (χ4n) is 2.09. The van der Waals surface area contributed by atoms with Gasteiger partial charge in [-0.25, -0.2) is 4.39 Å². The summed E-state index contributed by atoms with van der Waals surface area (Å²) < 4.78 is 19.6. The van der Waals surface area contributed by atoms with Crippen LogP contribution in [0.1, 0.15) is 18.1 Å². The van der Waals surface area contributed by atoms with E-state index in [0.717, 1.165) is 11.3 Å². The molecule has 4 heteroatoms. The van der Waals surface area contributed by atoms with Gasteiger partial charge >= 0.3 is 0 Å². The smallest absolute Gasteiger partial charge is 0.127 e. The van der Waals surface area contributed by atoms with E-state index >= 15 is 0 Å². The molecule has 1 atom stereocenters. The molecule has 1 unspecified atom stereocenters. The SMILES string of the molecule is COc1ccc(C(C)(O)Cc2ccc(Br)cc2F)cc1. The molecule has 20 heavy (non-hydrogen) atoms. The molecular weight excluding hydrogens is 323 g/mol. The van der Waals surface area contributed by atoms with E-state index in [1.165, 1.54) is 6.07 Å². The fraction of sp³-hybridized carbons (Fsp3) is 0.250. The van der Waals surface area contributed by atoms with Crippen LogP contribution in [0.5, 0.6) is 5.75 Å². The molecule has 2 nitrogen and oxygen atoms in total. The summed E-state index contributed by atoms with van der Waals surface area (Å²) in [6.45, 7) is 1.68. The fourth-order valence-corrected chi connectivity index (χ4v) is 2.42. The molecule has 0 amide bonds. The monoisotopic (exact) mass is 338 g/mol. The van der Waals surface area contributed by atoms with Gasteiger partial charge in [-0.15, -0.1) is 0 Å². The molecule has 0 aromatic heterocycles. The van der Waals surface area contributed by atoms with Crippen LogP contribution >= 0.6 is 15.9 Å². The van der Waals surface area contributed by atoms with Crippen LogP contribution in [0.25, 0.3) is 0 Å². The Hall–Kier alpha value is -1.39. The Balaban J connectivity index is 2.25. The number of rotatable bonds is 4. The van der Waals surface area contributed by atoms with Crippen LogP contribution < -0.4 is 4.74 Å². The largest absolute Gasteiger partial charge is 0.497 e. The minimum Gasteiger partial charge on any atom is -0.497 e. The first-order chi connectivity index (χ1) is 9.42. The highest BCUT2D eigenvalue weighted by atomic mass is 79.9. The molecule has 2 aromatic rings. The highest BCUT2D eigenvalue weighted by molar-refractivity contribution is 9.10. The lowest BCUT2D eigenvalue weighted by Crippen LogP contribution is -2.24. The average Bonchev–Trinajstić information content (AvgIpc) is 2.42. The second kappa shape index (κ2) is 5.94. The maximum absolute atomic E-state index is 13.9. The van der Waals surface area contributed by atoms with Crippen LogP contribution in [0, 0.1) is 5.82 Å². The molecule has 0 bridgehead atoms. The summed E-state index contributed by atoms with van der Waals surface area (Å²) in [6, 6.07) is 12.0. The Labute approximate surface area is 126 Å². The summed E-state index contributed by atoms with van der Waals surface area (Å²) in [5, 5.41) is 10.6. The highest BCUT2D eigenvalue weighted by Gasteiger charge is 2.25. The van der Waals surface area contributed by atoms with Crippen LogP contribution in [0.4, 0.5) is 4.39 Å². The van der Waals surface area contributed by atoms with E-state index in [9.17, 15) is 9.50 Å². The van der Waals surface area contributed by atoms with Crippen LogP contribution in [-0.4, -0.2) is 12.2 Å². The van der Waals surface area contributed by atoms with E-state index in [0.29, 0.717) is 10.0 Å². The van der Waals surface area contributed by atoms with Crippen molar-refractivity contribution in [1.29, 1.82) is 0 Å². The Kier molecular flexibility index (Phi) is 4.45. The molecule has 0 aliphatic heterocycles. The predicted octanol–water partition coefficient (Wildman–Crippen LogP) is 4.05. The van der Waals surface area contributed by atoms with Gasteiger partial charge in [0.1, 0.15) is 11.6 Å². The summed E-state index contributed by atoms with van der Waals surface area (Å²) in [5.74, 6) is 0.396. The number of hydrogen-bond acceptors (Lipinski definition) is 2. The molecular formula is C16H16BrFO2. The van der Waals surface area contributed by atoms with Crippen molar-refractivity contribution < 1.29 is 14.2 Å². The Bertz CT molecular complexity index is 594. The maximum atomic E-state index is 13.9. The van der Waals surface area contributed by atoms with E-state index in [1.807, 2.05) is 0 Å². The molecule has 0 saturated carbocycles. The van der Waals surface area contributed by atoms with Gasteiger partial charge in [-0.1, -0.05) is 34.1 Å². The van der Waals surface area contributed by atoms with Gasteiger partial charge in [0.2, 0.25) is 0 Å². The van der Waals surface area contributed by atoms with Crippen molar-refractivity contribution in [2.24, 2.45) is 0 Å². The highest BCUT2D eigenvalue weighted by Crippen LogP contribution is 2.28. The number of methoxy groups -OCH3 is 1. The zero-order valence-electron chi connectivity index (χ0n) is 11.4. The average molecular weight is 339 g/mol. The zero-order valence-corrected chi connectivity index (χ0v) is 12.9. The normalized spacial score (nSPS) is 13.8. The molecule has 0 aliphatic rings. The van der Waals surface area contributed by atoms with Crippen LogP contribution in [-0.2, 0) is 12.0 Å². The second-order valence-corrected chi connectivity index (χ2v) is 5.83. The second-order valence-electron chi connectivity index (χ2n) is 4.91. The lowest BCUT2D eigenvalue weighted by atomic mass is 9.89. The predicted molar refractivity (Wildman–Crippen MR) is 80.4 cm³/mol. The first kappa shape index (κ1) is 15.0. The summed E-state index contributed by atoms with van der Waals surface area (Å²) in [4.78, 5) is 0. The van der Waals surface area contributed by atoms with E-state index in [4.69, 9.17) is 4.74 Å². The number of ether oxygens (including phenoxy) is 1. The third kappa shape index (κ3) is 3.38. The van der Waals surface area contributed by atoms with Crippen LogP contribution in [0.15, 0.2) is 46.9 Å². The van der Waals surface area contributed by atoms with Crippen molar-refractivity contribution in [2.45, 2.75) is 18.9 Å². The molecule has 106 valence electrons. The van der Waals surface area contributed by atoms with Crippen molar-refractivity contribution in [3.63, 3.8) is 0 Å². The molecule has 0 spiro atoms. The third-order valence-electron chi connectivity index (χ3n) is 3.26. The van der Waals surface area contributed by atoms with Crippen molar-refractivity contribution in [2.75, 3.05) is 7.11 Å². The molecule has 0 aliphatic carbocycles. The molecule has 2 rings (SSSR count). The summed E-state index contributed by atoms with van der Waals surface area (Å²) in [7, 11) is 1.59. The van der Waals surface area contributed by atoms with Crippen LogP contribution in [0.2, 0.25) is 0 Å². The summed E-state index contributed by atoms with van der Waals surface area (Å²) in [6.07, 6.45) is 0.207. The van der Waals surface area contributed by atoms with Crippen molar-refractivity contribution in [3.05, 3.63) is 63.9 Å². The molecule has 0 fully saturated rings. The molecule has 0 heterocycles. The summed E-state index contributed by atoms with van der Waals surface area (Å²) in [5.41, 5.74) is 0.0654. The Morgan fingerprint density at radius 1 is 1.20 bits per heavy atom. The molecule has 2 aromatic carbocycles. The van der Waals surface area contributed by atoms with Crippen molar-refractivity contribution in [1.82, 2.24) is 0 Å². The lowest BCUT2D eigenvalue weighted by Gasteiger charge is -2.24. The van der Waals surface area contributed by atoms with Crippen molar-refractivity contribution >= 4 is 15.9 Å². The third-order valence-corrected chi connectivity index (χ3v) is 3.75. The topological polar surface area (TPSA) is 29.5 Å². The minimum absolute atomic E-state index is 0.207. The number of hydrogen-bond donors (Lipinski definition) is 1. The van der Waals surface area contributed by atoms with Gasteiger partial charge in [-0.2, -0.15) is 0 Å². The number of benzene rings is 2. The Morgan fingerprint density at radius 3 is 2.40 bits per heavy atom. The Morgan fingerprint density at radius 2 is 1.85 bits per heavy atom. The zero-order chi connectivity index (χ0) is 14.8. The molecule has 0 saturated heterocycles. The van der Waals surface area contributed by atoms with Gasteiger partial charge in [-0.05, 0) is 42.3 Å². The standard InChI is InChI=1S/C16H16BrFO2/c1-16(19,12-4-7-14(20-2)8-5-12)10-11-3-6-13(17)9-15(11)18/h3-9,19H,10H2,1-2H3. The lowest BCUT2D eigenvalue weighted by molar-refractivity contribution is 0.0566. The quantitative estimate of drug-likeness (QED) is 0.911. The molecule has 0 radical (unpaired) electrons. The van der Waals surface area contributed by atoms with E-state index in [2.05, 4.69) is 15.9 Å². The maximum Gasteiger partial charge on any atom is 0.127 e. The van der Waals surface area contributed by atoms with Gasteiger partial charge in [-0.3, -0.25) is 0 Å². The van der Waals surface area contributed by atoms with E-state index < -0.39 is 5.60 Å². The van der Waals surface area contributed by atoms with Crippen molar-refractivity contribution in [3.8, 4) is 5.75 Å². The van der Waals surface area contributed by atoms with Gasteiger partial charge in [0, 0.05) is 10.9 Å². The number of aliphatic hydroxyl groups is 1. The first-order valence-corrected chi connectivity index (χ1v) is 7.02. The van der Waals surface area contributed by atoms with Gasteiger partial charge in [0.25, 0.3) is 0 Å². The van der Waals surface area contributed by atoms with Gasteiger partial charge in [0.05, 0.1) is 12.7 Å². The van der Waals surface area contributed by atoms with E-state index in [1.54, 1.807) is 50.4 Å². The van der Waals surface area contributed by atoms with Crippen LogP contribution in [0.3, 0.4) is 0 Å². The minimum atomic E-state index is -1.14. The summed E-state index contributed by atoms with van der Waals surface area (Å²) >= 11 is 3.22. The number of halogens is 2. The first-order valence-electron chi connectivity index (χ1n) is 6.23.